The van der Waals surface area contributed by atoms with Crippen LogP contribution >= 0.6 is 22.6 Å². The van der Waals surface area contributed by atoms with E-state index in [0.717, 1.165) is 35.4 Å². The van der Waals surface area contributed by atoms with Crippen molar-refractivity contribution in [3.05, 3.63) is 99.6 Å². The fourth-order valence-corrected chi connectivity index (χ4v) is 4.40. The number of halogens is 1. The second-order valence-corrected chi connectivity index (χ2v) is 9.83. The highest BCUT2D eigenvalue weighted by atomic mass is 127. The molecule has 10 nitrogen and oxygen atoms in total. The highest BCUT2D eigenvalue weighted by molar-refractivity contribution is 14.1. The summed E-state index contributed by atoms with van der Waals surface area (Å²) in [6.45, 7) is 3.92. The number of carbonyl (C=O) groups is 1. The van der Waals surface area contributed by atoms with Gasteiger partial charge in [0.05, 0.1) is 41.6 Å². The first-order valence-corrected chi connectivity index (χ1v) is 13.8. The number of carbonyl (C=O) groups excluding carboxylic acids is 1. The van der Waals surface area contributed by atoms with E-state index in [9.17, 15) is 9.59 Å². The Morgan fingerprint density at radius 2 is 1.90 bits per heavy atom. The van der Waals surface area contributed by atoms with Crippen molar-refractivity contribution in [2.45, 2.75) is 39.5 Å². The van der Waals surface area contributed by atoms with Gasteiger partial charge in [-0.25, -0.2) is 19.3 Å². The van der Waals surface area contributed by atoms with Crippen LogP contribution < -0.4 is 16.0 Å². The molecule has 0 aliphatic carbocycles. The predicted molar refractivity (Wildman–Crippen MR) is 161 cm³/mol. The van der Waals surface area contributed by atoms with Gasteiger partial charge >= 0.3 is 3.98 Å². The van der Waals surface area contributed by atoms with Crippen LogP contribution in [0.1, 0.15) is 48.1 Å². The predicted octanol–water partition coefficient (Wildman–Crippen LogP) is 5.13. The van der Waals surface area contributed by atoms with Crippen molar-refractivity contribution in [3.8, 4) is 22.7 Å². The number of nitrogens with two attached hydrogens (primary N) is 1. The van der Waals surface area contributed by atoms with Crippen molar-refractivity contribution in [2.24, 2.45) is 10.9 Å². The van der Waals surface area contributed by atoms with Gasteiger partial charge in [-0.3, -0.25) is 9.78 Å². The molecule has 4 aromatic rings. The minimum atomic E-state index is -0.588. The summed E-state index contributed by atoms with van der Waals surface area (Å²) >= 11 is 1.48. The minimum Gasteiger partial charge on any atom is -0.495 e. The van der Waals surface area contributed by atoms with E-state index in [-0.39, 0.29) is 11.4 Å². The Morgan fingerprint density at radius 1 is 1.10 bits per heavy atom. The van der Waals surface area contributed by atoms with Crippen LogP contribution in [0.2, 0.25) is 0 Å². The van der Waals surface area contributed by atoms with Gasteiger partial charge in [0.15, 0.2) is 5.84 Å². The maximum Gasteiger partial charge on any atom is 0.393 e. The lowest BCUT2D eigenvalue weighted by molar-refractivity contribution is 0.184. The van der Waals surface area contributed by atoms with Crippen LogP contribution in [-0.4, -0.2) is 36.4 Å². The van der Waals surface area contributed by atoms with E-state index in [4.69, 9.17) is 20.3 Å². The third-order valence-electron chi connectivity index (χ3n) is 6.30. The molecule has 0 saturated carbocycles. The van der Waals surface area contributed by atoms with Crippen molar-refractivity contribution in [1.29, 1.82) is 0 Å². The van der Waals surface area contributed by atoms with Crippen molar-refractivity contribution in [2.75, 3.05) is 7.11 Å². The monoisotopic (exact) mass is 652 g/mol. The average molecular weight is 652 g/mol. The number of amidine groups is 1. The number of methoxy groups -OCH3 is 1. The Morgan fingerprint density at radius 3 is 2.55 bits per heavy atom. The van der Waals surface area contributed by atoms with Crippen LogP contribution in [0.25, 0.3) is 16.9 Å². The first-order chi connectivity index (χ1) is 19.3. The molecule has 0 fully saturated rings. The van der Waals surface area contributed by atoms with Crippen molar-refractivity contribution in [1.82, 2.24) is 19.5 Å². The Balaban J connectivity index is 1.70. The smallest absolute Gasteiger partial charge is 0.393 e. The van der Waals surface area contributed by atoms with Crippen LogP contribution in [0.3, 0.4) is 0 Å². The molecule has 0 aliphatic rings. The van der Waals surface area contributed by atoms with E-state index in [1.165, 1.54) is 27.2 Å². The van der Waals surface area contributed by atoms with Crippen LogP contribution in [0.4, 0.5) is 4.79 Å². The Labute approximate surface area is 245 Å². The number of rotatable bonds is 10. The normalized spacial score (nSPS) is 11.3. The van der Waals surface area contributed by atoms with Crippen LogP contribution in [-0.2, 0) is 17.7 Å². The SMILES string of the molecule is CCCCc1nc(C)n(-c2ccc(OC)cn2)c(=O)c1Cc1ccc(-c2ccccc2/C(N)=N/OC(=O)I)cn1. The van der Waals surface area contributed by atoms with E-state index >= 15 is 0 Å². The molecule has 0 bridgehead atoms. The average Bonchev–Trinajstić information content (AvgIpc) is 2.97. The Bertz CT molecular complexity index is 1580. The maximum absolute atomic E-state index is 13.8. The highest BCUT2D eigenvalue weighted by Crippen LogP contribution is 2.24. The molecule has 1 aromatic carbocycles. The molecule has 0 saturated heterocycles. The standard InChI is InChI=1S/C29H29IN6O4/c1-4-5-10-25-24(28(37)36(18(2)34-25)26-14-13-21(39-3)17-33-26)15-20-12-11-19(16-32-20)22-8-6-7-9-23(22)27(31)35-40-29(30)38/h6-9,11-14,16-17H,4-5,10,15H2,1-3H3,(H2,31,35). The number of hydrogen-bond acceptors (Lipinski definition) is 8. The largest absolute Gasteiger partial charge is 0.495 e. The molecule has 3 aromatic heterocycles. The zero-order chi connectivity index (χ0) is 28.6. The summed E-state index contributed by atoms with van der Waals surface area (Å²) < 4.78 is 6.15. The van der Waals surface area contributed by atoms with E-state index in [0.29, 0.717) is 41.4 Å². The molecule has 0 unspecified atom stereocenters. The van der Waals surface area contributed by atoms with Gasteiger partial charge in [-0.2, -0.15) is 0 Å². The Hall–Kier alpha value is -4.13. The molecule has 206 valence electrons. The number of benzene rings is 1. The number of hydrogen-bond donors (Lipinski definition) is 1. The zero-order valence-corrected chi connectivity index (χ0v) is 24.6. The van der Waals surface area contributed by atoms with Gasteiger partial charge in [0.1, 0.15) is 17.4 Å². The molecule has 0 amide bonds. The second-order valence-electron chi connectivity index (χ2n) is 8.95. The summed E-state index contributed by atoms with van der Waals surface area (Å²) in [7, 11) is 1.57. The third kappa shape index (κ3) is 6.71. The Kier molecular flexibility index (Phi) is 9.59. The first kappa shape index (κ1) is 28.9. The second kappa shape index (κ2) is 13.3. The zero-order valence-electron chi connectivity index (χ0n) is 22.4. The van der Waals surface area contributed by atoms with E-state index < -0.39 is 3.98 Å². The molecular weight excluding hydrogens is 623 g/mol. The summed E-state index contributed by atoms with van der Waals surface area (Å²) in [6, 6.07) is 14.7. The minimum absolute atomic E-state index is 0.0729. The third-order valence-corrected chi connectivity index (χ3v) is 6.49. The summed E-state index contributed by atoms with van der Waals surface area (Å²) in [5, 5.41) is 3.71. The van der Waals surface area contributed by atoms with Gasteiger partial charge < -0.3 is 15.3 Å². The summed E-state index contributed by atoms with van der Waals surface area (Å²) in [5.41, 5.74) is 10.2. The number of nitrogens with zero attached hydrogens (tertiary/aromatic N) is 5. The van der Waals surface area contributed by atoms with Crippen molar-refractivity contribution < 1.29 is 14.4 Å². The van der Waals surface area contributed by atoms with Crippen LogP contribution in [0, 0.1) is 6.92 Å². The van der Waals surface area contributed by atoms with Gasteiger partial charge in [-0.05, 0) is 43.5 Å². The van der Waals surface area contributed by atoms with E-state index in [1.54, 1.807) is 37.7 Å². The number of aromatic nitrogens is 4. The highest BCUT2D eigenvalue weighted by Gasteiger charge is 2.18. The molecule has 0 radical (unpaired) electrons. The quantitative estimate of drug-likeness (QED) is 0.0623. The number of ether oxygens (including phenoxy) is 1. The topological polar surface area (TPSA) is 135 Å². The lowest BCUT2D eigenvalue weighted by atomic mass is 9.99. The molecular formula is C29H29IN6O4. The summed E-state index contributed by atoms with van der Waals surface area (Å²) in [5.74, 6) is 1.73. The van der Waals surface area contributed by atoms with Gasteiger partial charge in [-0.1, -0.05) is 48.8 Å². The molecule has 2 N–H and O–H groups in total. The van der Waals surface area contributed by atoms with Crippen molar-refractivity contribution >= 4 is 32.4 Å². The number of aryl methyl sites for hydroxylation is 2. The fraction of sp³-hybridized carbons (Fsp3) is 0.241. The van der Waals surface area contributed by atoms with E-state index in [1.807, 2.05) is 37.3 Å². The fourth-order valence-electron chi connectivity index (χ4n) is 4.30. The van der Waals surface area contributed by atoms with Crippen LogP contribution in [0.5, 0.6) is 5.75 Å². The molecule has 0 atom stereocenters. The van der Waals surface area contributed by atoms with Gasteiger partial charge in [-0.15, -0.1) is 0 Å². The molecule has 3 heterocycles. The van der Waals surface area contributed by atoms with Gasteiger partial charge in [0.2, 0.25) is 0 Å². The van der Waals surface area contributed by atoms with Gasteiger partial charge in [0.25, 0.3) is 5.56 Å². The lowest BCUT2D eigenvalue weighted by Crippen LogP contribution is -2.29. The summed E-state index contributed by atoms with van der Waals surface area (Å²) in [6.07, 6.45) is 6.22. The molecule has 0 spiro atoms. The number of oxime groups is 1. The first-order valence-electron chi connectivity index (χ1n) is 12.7. The summed E-state index contributed by atoms with van der Waals surface area (Å²) in [4.78, 5) is 43.5. The number of unbranched alkanes of at least 4 members (excludes halogenated alkanes) is 1. The number of pyridine rings is 2. The maximum atomic E-state index is 13.8. The lowest BCUT2D eigenvalue weighted by Gasteiger charge is -2.15. The van der Waals surface area contributed by atoms with Gasteiger partial charge in [0, 0.05) is 35.0 Å². The van der Waals surface area contributed by atoms with Crippen LogP contribution in [0.15, 0.2) is 70.9 Å². The molecule has 11 heteroatoms. The van der Waals surface area contributed by atoms with E-state index in [2.05, 4.69) is 22.0 Å². The molecule has 0 aliphatic heterocycles. The molecule has 40 heavy (non-hydrogen) atoms. The van der Waals surface area contributed by atoms with Crippen molar-refractivity contribution in [3.63, 3.8) is 0 Å². The molecule has 4 rings (SSSR count).